The van der Waals surface area contributed by atoms with Crippen LogP contribution in [0, 0.1) is 0 Å². The average molecular weight is 482 g/mol. The lowest BCUT2D eigenvalue weighted by Crippen LogP contribution is -2.41. The van der Waals surface area contributed by atoms with E-state index in [0.717, 1.165) is 0 Å². The second-order valence-electron chi connectivity index (χ2n) is 7.31. The number of hydrogen-bond donors (Lipinski definition) is 4. The van der Waals surface area contributed by atoms with Gasteiger partial charge in [-0.2, -0.15) is 0 Å². The van der Waals surface area contributed by atoms with Crippen LogP contribution < -0.4 is 0 Å². The molecule has 35 heavy (non-hydrogen) atoms. The highest BCUT2D eigenvalue weighted by atomic mass is 16.6. The average Bonchev–Trinajstić information content (AvgIpc) is 2.86. The predicted molar refractivity (Wildman–Crippen MR) is 120 cm³/mol. The van der Waals surface area contributed by atoms with Crippen LogP contribution in [0.4, 0.5) is 0 Å². The standard InChI is InChI=1S/C25H22O10/c26-13-21(34-24(31)16-3-9-19(28)10-4-16)22(35-25(32)17-5-11-20(29)12-6-17)14-33-23(30)15-1-7-18(27)8-2-15/h1-12,21-22,26-29H,13-14H2. The number of carbonyl (C=O) groups excluding carboxylic acids is 3. The summed E-state index contributed by atoms with van der Waals surface area (Å²) in [7, 11) is 0. The molecule has 0 saturated heterocycles. The third-order valence-corrected chi connectivity index (χ3v) is 4.80. The van der Waals surface area contributed by atoms with Crippen LogP contribution in [-0.4, -0.2) is 63.8 Å². The van der Waals surface area contributed by atoms with E-state index in [1.807, 2.05) is 0 Å². The maximum Gasteiger partial charge on any atom is 0.338 e. The summed E-state index contributed by atoms with van der Waals surface area (Å²) in [5.41, 5.74) is 0.221. The van der Waals surface area contributed by atoms with Gasteiger partial charge in [-0.15, -0.1) is 0 Å². The molecule has 0 spiro atoms. The lowest BCUT2D eigenvalue weighted by atomic mass is 10.1. The Balaban J connectivity index is 1.77. The van der Waals surface area contributed by atoms with Crippen molar-refractivity contribution in [2.45, 2.75) is 12.2 Å². The van der Waals surface area contributed by atoms with E-state index in [0.29, 0.717) is 0 Å². The van der Waals surface area contributed by atoms with Gasteiger partial charge in [-0.1, -0.05) is 0 Å². The Morgan fingerprint density at radius 2 is 0.914 bits per heavy atom. The zero-order chi connectivity index (χ0) is 25.4. The Labute approximate surface area is 199 Å². The lowest BCUT2D eigenvalue weighted by molar-refractivity contribution is -0.0720. The van der Waals surface area contributed by atoms with E-state index in [-0.39, 0.29) is 33.9 Å². The van der Waals surface area contributed by atoms with Gasteiger partial charge in [-0.05, 0) is 72.8 Å². The molecule has 2 unspecified atom stereocenters. The Hall–Kier alpha value is -4.57. The fourth-order valence-corrected chi connectivity index (χ4v) is 2.89. The molecule has 10 nitrogen and oxygen atoms in total. The van der Waals surface area contributed by atoms with Crippen LogP contribution in [0.1, 0.15) is 31.1 Å². The number of aromatic hydroxyl groups is 3. The van der Waals surface area contributed by atoms with Crippen molar-refractivity contribution >= 4 is 17.9 Å². The summed E-state index contributed by atoms with van der Waals surface area (Å²) in [4.78, 5) is 37.5. The fraction of sp³-hybridized carbons (Fsp3) is 0.160. The van der Waals surface area contributed by atoms with Gasteiger partial charge in [0.15, 0.2) is 12.2 Å². The lowest BCUT2D eigenvalue weighted by Gasteiger charge is -2.25. The summed E-state index contributed by atoms with van der Waals surface area (Å²) in [5, 5.41) is 38.0. The highest BCUT2D eigenvalue weighted by molar-refractivity contribution is 5.91. The van der Waals surface area contributed by atoms with Crippen LogP contribution in [-0.2, 0) is 14.2 Å². The summed E-state index contributed by atoms with van der Waals surface area (Å²) < 4.78 is 15.9. The summed E-state index contributed by atoms with van der Waals surface area (Å²) in [5.74, 6) is -2.76. The summed E-state index contributed by atoms with van der Waals surface area (Å²) in [6.07, 6.45) is -2.81. The molecular weight excluding hydrogens is 460 g/mol. The molecule has 0 amide bonds. The van der Waals surface area contributed by atoms with Gasteiger partial charge in [0.05, 0.1) is 23.3 Å². The molecule has 182 valence electrons. The molecule has 0 aromatic heterocycles. The van der Waals surface area contributed by atoms with Crippen molar-refractivity contribution < 1.29 is 49.0 Å². The topological polar surface area (TPSA) is 160 Å². The van der Waals surface area contributed by atoms with Crippen LogP contribution in [0.25, 0.3) is 0 Å². The largest absolute Gasteiger partial charge is 0.508 e. The molecule has 4 N–H and O–H groups in total. The minimum Gasteiger partial charge on any atom is -0.508 e. The first-order chi connectivity index (χ1) is 16.8. The van der Waals surface area contributed by atoms with E-state index in [9.17, 15) is 34.8 Å². The van der Waals surface area contributed by atoms with Crippen LogP contribution >= 0.6 is 0 Å². The second kappa shape index (κ2) is 11.5. The van der Waals surface area contributed by atoms with E-state index in [2.05, 4.69) is 0 Å². The fourth-order valence-electron chi connectivity index (χ4n) is 2.89. The first-order valence-corrected chi connectivity index (χ1v) is 10.3. The van der Waals surface area contributed by atoms with Crippen molar-refractivity contribution in [1.82, 2.24) is 0 Å². The highest BCUT2D eigenvalue weighted by Crippen LogP contribution is 2.17. The monoisotopic (exact) mass is 482 g/mol. The third kappa shape index (κ3) is 6.95. The third-order valence-electron chi connectivity index (χ3n) is 4.80. The minimum atomic E-state index is -1.41. The van der Waals surface area contributed by atoms with Gasteiger partial charge in [0.2, 0.25) is 0 Å². The quantitative estimate of drug-likeness (QED) is 0.263. The molecule has 0 fully saturated rings. The molecule has 3 rings (SSSR count). The Morgan fingerprint density at radius 3 is 1.29 bits per heavy atom. The number of carbonyl (C=O) groups is 3. The number of aliphatic hydroxyl groups is 1. The molecule has 0 bridgehead atoms. The van der Waals surface area contributed by atoms with Crippen molar-refractivity contribution in [1.29, 1.82) is 0 Å². The number of hydrogen-bond acceptors (Lipinski definition) is 10. The van der Waals surface area contributed by atoms with Crippen molar-refractivity contribution in [2.24, 2.45) is 0 Å². The SMILES string of the molecule is O=C(OCC(OC(=O)c1ccc(O)cc1)C(CO)OC(=O)c1ccc(O)cc1)c1ccc(O)cc1. The first kappa shape index (κ1) is 25.1. The number of esters is 3. The molecule has 0 aliphatic carbocycles. The van der Waals surface area contributed by atoms with Crippen molar-refractivity contribution in [3.05, 3.63) is 89.5 Å². The molecule has 3 aromatic carbocycles. The van der Waals surface area contributed by atoms with Gasteiger partial charge < -0.3 is 34.6 Å². The Morgan fingerprint density at radius 1 is 0.571 bits per heavy atom. The van der Waals surface area contributed by atoms with E-state index in [1.165, 1.54) is 72.8 Å². The maximum atomic E-state index is 12.6. The molecule has 0 aliphatic rings. The molecular formula is C25H22O10. The highest BCUT2D eigenvalue weighted by Gasteiger charge is 2.31. The van der Waals surface area contributed by atoms with Crippen LogP contribution in [0.3, 0.4) is 0 Å². The van der Waals surface area contributed by atoms with E-state index in [1.54, 1.807) is 0 Å². The minimum absolute atomic E-state index is 0.0521. The smallest absolute Gasteiger partial charge is 0.338 e. The number of benzene rings is 3. The summed E-state index contributed by atoms with van der Waals surface area (Å²) >= 11 is 0. The number of rotatable bonds is 9. The zero-order valence-electron chi connectivity index (χ0n) is 18.2. The predicted octanol–water partition coefficient (Wildman–Crippen LogP) is 2.40. The molecule has 3 aromatic rings. The number of ether oxygens (including phenoxy) is 3. The van der Waals surface area contributed by atoms with Crippen LogP contribution in [0.5, 0.6) is 17.2 Å². The van der Waals surface area contributed by atoms with Gasteiger partial charge in [0.1, 0.15) is 23.9 Å². The number of phenols is 3. The van der Waals surface area contributed by atoms with E-state index in [4.69, 9.17) is 14.2 Å². The van der Waals surface area contributed by atoms with E-state index < -0.39 is 43.3 Å². The van der Waals surface area contributed by atoms with Crippen LogP contribution in [0.2, 0.25) is 0 Å². The molecule has 0 saturated carbocycles. The molecule has 0 heterocycles. The van der Waals surface area contributed by atoms with Gasteiger partial charge in [0.25, 0.3) is 0 Å². The summed E-state index contributed by atoms with van der Waals surface area (Å²) in [6, 6.07) is 15.5. The Bertz CT molecular complexity index is 1150. The number of phenolic OH excluding ortho intramolecular Hbond substituents is 3. The van der Waals surface area contributed by atoms with Crippen molar-refractivity contribution in [2.75, 3.05) is 13.2 Å². The zero-order valence-corrected chi connectivity index (χ0v) is 18.2. The molecule has 2 atom stereocenters. The van der Waals surface area contributed by atoms with E-state index >= 15 is 0 Å². The Kier molecular flexibility index (Phi) is 8.25. The van der Waals surface area contributed by atoms with Gasteiger partial charge in [0, 0.05) is 0 Å². The van der Waals surface area contributed by atoms with Gasteiger partial charge in [-0.3, -0.25) is 0 Å². The first-order valence-electron chi connectivity index (χ1n) is 10.3. The van der Waals surface area contributed by atoms with Crippen molar-refractivity contribution in [3.63, 3.8) is 0 Å². The van der Waals surface area contributed by atoms with Gasteiger partial charge in [-0.25, -0.2) is 14.4 Å². The van der Waals surface area contributed by atoms with Crippen LogP contribution in [0.15, 0.2) is 72.8 Å². The van der Waals surface area contributed by atoms with Gasteiger partial charge >= 0.3 is 17.9 Å². The van der Waals surface area contributed by atoms with Crippen molar-refractivity contribution in [3.8, 4) is 17.2 Å². The summed E-state index contributed by atoms with van der Waals surface area (Å²) in [6.45, 7) is -1.34. The maximum absolute atomic E-state index is 12.6. The molecule has 0 aliphatic heterocycles. The molecule has 10 heteroatoms. The second-order valence-corrected chi connectivity index (χ2v) is 7.31. The normalized spacial score (nSPS) is 12.3. The number of aliphatic hydroxyl groups excluding tert-OH is 1. The molecule has 0 radical (unpaired) electrons.